The summed E-state index contributed by atoms with van der Waals surface area (Å²) in [5.74, 6) is -0.0439. The van der Waals surface area contributed by atoms with Crippen LogP contribution < -0.4 is 10.9 Å². The monoisotopic (exact) mass is 410 g/mol. The van der Waals surface area contributed by atoms with Crippen molar-refractivity contribution in [1.29, 1.82) is 0 Å². The molecule has 0 saturated carbocycles. The summed E-state index contributed by atoms with van der Waals surface area (Å²) in [6, 6.07) is 10.7. The topological polar surface area (TPSA) is 62.7 Å². The number of hydrogen-bond donors (Lipinski definition) is 2. The van der Waals surface area contributed by atoms with Crippen molar-refractivity contribution in [3.63, 3.8) is 0 Å². The zero-order chi connectivity index (χ0) is 20.5. The van der Waals surface area contributed by atoms with Crippen molar-refractivity contribution in [1.82, 2.24) is 14.5 Å². The van der Waals surface area contributed by atoms with Crippen LogP contribution in [0, 0.1) is 12.7 Å². The molecule has 148 valence electrons. The van der Waals surface area contributed by atoms with Gasteiger partial charge in [0.1, 0.15) is 5.82 Å². The Labute approximate surface area is 172 Å². The van der Waals surface area contributed by atoms with Crippen molar-refractivity contribution in [2.45, 2.75) is 26.8 Å². The van der Waals surface area contributed by atoms with Gasteiger partial charge >= 0.3 is 0 Å². The number of H-pyrrole nitrogens is 1. The van der Waals surface area contributed by atoms with E-state index in [0.29, 0.717) is 24.5 Å². The number of aromatic nitrogens is 3. The molecule has 0 atom stereocenters. The summed E-state index contributed by atoms with van der Waals surface area (Å²) < 4.78 is 15.4. The van der Waals surface area contributed by atoms with E-state index in [0.717, 1.165) is 27.7 Å². The lowest BCUT2D eigenvalue weighted by atomic mass is 10.1. The first-order valence-electron chi connectivity index (χ1n) is 9.33. The number of hydrogen-bond acceptors (Lipinski definition) is 3. The normalized spacial score (nSPS) is 11.2. The van der Waals surface area contributed by atoms with Gasteiger partial charge in [0.15, 0.2) is 0 Å². The van der Waals surface area contributed by atoms with Crippen LogP contribution in [0.1, 0.15) is 23.6 Å². The average molecular weight is 411 g/mol. The van der Waals surface area contributed by atoms with Crippen LogP contribution in [-0.2, 0) is 13.0 Å². The smallest absolute Gasteiger partial charge is 0.277 e. The molecule has 0 aliphatic carbocycles. The highest BCUT2D eigenvalue weighted by Gasteiger charge is 2.12. The lowest BCUT2D eigenvalue weighted by Crippen LogP contribution is -2.20. The maximum atomic E-state index is 13.5. The zero-order valence-corrected chi connectivity index (χ0v) is 16.8. The largest absolute Gasteiger partial charge is 0.361 e. The van der Waals surface area contributed by atoms with Crippen LogP contribution in [0.4, 0.5) is 16.0 Å². The van der Waals surface area contributed by atoms with Gasteiger partial charge in [-0.2, -0.15) is 4.98 Å². The summed E-state index contributed by atoms with van der Waals surface area (Å²) in [5.41, 5.74) is 4.03. The number of benzene rings is 2. The van der Waals surface area contributed by atoms with E-state index >= 15 is 0 Å². The molecule has 2 N–H and O–H groups in total. The minimum Gasteiger partial charge on any atom is -0.361 e. The van der Waals surface area contributed by atoms with Crippen LogP contribution in [0.5, 0.6) is 0 Å². The average Bonchev–Trinajstić information content (AvgIpc) is 3.14. The van der Waals surface area contributed by atoms with Gasteiger partial charge < -0.3 is 14.9 Å². The molecule has 0 radical (unpaired) electrons. The quantitative estimate of drug-likeness (QED) is 0.476. The highest BCUT2D eigenvalue weighted by Crippen LogP contribution is 2.25. The van der Waals surface area contributed by atoms with Crippen LogP contribution >= 0.6 is 11.6 Å². The Morgan fingerprint density at radius 3 is 2.83 bits per heavy atom. The van der Waals surface area contributed by atoms with E-state index in [1.54, 1.807) is 18.3 Å². The first kappa shape index (κ1) is 19.2. The van der Waals surface area contributed by atoms with E-state index in [4.69, 9.17) is 11.6 Å². The minimum atomic E-state index is -0.462. The summed E-state index contributed by atoms with van der Waals surface area (Å²) in [5, 5.41) is 4.46. The Morgan fingerprint density at radius 2 is 2.07 bits per heavy atom. The highest BCUT2D eigenvalue weighted by molar-refractivity contribution is 6.30. The Balaban J connectivity index is 1.76. The van der Waals surface area contributed by atoms with Gasteiger partial charge in [-0.15, -0.1) is 0 Å². The molecule has 0 saturated heterocycles. The molecule has 0 unspecified atom stereocenters. The molecule has 5 nitrogen and oxygen atoms in total. The van der Waals surface area contributed by atoms with E-state index < -0.39 is 5.82 Å². The summed E-state index contributed by atoms with van der Waals surface area (Å²) in [6.07, 6.45) is 4.25. The zero-order valence-electron chi connectivity index (χ0n) is 16.1. The number of fused-ring (bicyclic) bond motifs is 1. The summed E-state index contributed by atoms with van der Waals surface area (Å²) in [6.45, 7) is 4.30. The van der Waals surface area contributed by atoms with Crippen LogP contribution in [0.3, 0.4) is 0 Å². The molecule has 0 aliphatic rings. The second-order valence-electron chi connectivity index (χ2n) is 6.98. The molecule has 2 aromatic carbocycles. The van der Waals surface area contributed by atoms with Gasteiger partial charge in [-0.3, -0.25) is 4.79 Å². The lowest BCUT2D eigenvalue weighted by Gasteiger charge is -2.17. The van der Waals surface area contributed by atoms with Gasteiger partial charge in [0.05, 0.1) is 11.6 Å². The molecule has 0 amide bonds. The third-order valence-electron chi connectivity index (χ3n) is 4.93. The number of nitrogens with zero attached hydrogens (tertiary/aromatic N) is 2. The lowest BCUT2D eigenvalue weighted by molar-refractivity contribution is 0.626. The molecule has 29 heavy (non-hydrogen) atoms. The van der Waals surface area contributed by atoms with Crippen LogP contribution in [0.2, 0.25) is 5.02 Å². The Kier molecular flexibility index (Phi) is 5.11. The van der Waals surface area contributed by atoms with Gasteiger partial charge in [0.25, 0.3) is 5.56 Å². The maximum absolute atomic E-state index is 13.5. The number of aromatic amines is 1. The van der Waals surface area contributed by atoms with Gasteiger partial charge in [0.2, 0.25) is 5.95 Å². The Morgan fingerprint density at radius 1 is 1.24 bits per heavy atom. The predicted octanol–water partition coefficient (Wildman–Crippen LogP) is 5.18. The van der Waals surface area contributed by atoms with Crippen molar-refractivity contribution < 1.29 is 4.39 Å². The number of rotatable bonds is 5. The fourth-order valence-corrected chi connectivity index (χ4v) is 3.51. The number of halogens is 2. The number of aryl methyl sites for hydroxylation is 2. The Hall–Kier alpha value is -3.12. The maximum Gasteiger partial charge on any atom is 0.277 e. The molecule has 4 aromatic rings. The molecule has 0 fully saturated rings. The molecule has 2 heterocycles. The molecule has 2 aromatic heterocycles. The molecule has 0 spiro atoms. The Bertz CT molecular complexity index is 1260. The fourth-order valence-electron chi connectivity index (χ4n) is 3.30. The first-order chi connectivity index (χ1) is 13.9. The van der Waals surface area contributed by atoms with Crippen molar-refractivity contribution in [3.8, 4) is 0 Å². The first-order valence-corrected chi connectivity index (χ1v) is 9.71. The molecule has 0 bridgehead atoms. The van der Waals surface area contributed by atoms with E-state index in [1.165, 1.54) is 6.07 Å². The molecule has 0 aliphatic heterocycles. The second-order valence-corrected chi connectivity index (χ2v) is 7.39. The summed E-state index contributed by atoms with van der Waals surface area (Å²) in [7, 11) is 0. The molecule has 4 rings (SSSR count). The van der Waals surface area contributed by atoms with E-state index in [2.05, 4.69) is 21.4 Å². The van der Waals surface area contributed by atoms with Crippen molar-refractivity contribution >= 4 is 34.1 Å². The SMILES string of the molecule is CCc1cn(Cc2ccc(F)c(Cl)c2)c(Nc2cc3[nH]ccc3cc2C)nc1=O. The van der Waals surface area contributed by atoms with Crippen molar-refractivity contribution in [3.05, 3.63) is 86.7 Å². The number of anilines is 2. The fraction of sp³-hybridized carbons (Fsp3) is 0.182. The third-order valence-corrected chi connectivity index (χ3v) is 5.22. The van der Waals surface area contributed by atoms with Gasteiger partial charge in [-0.05, 0) is 60.2 Å². The van der Waals surface area contributed by atoms with Crippen molar-refractivity contribution in [2.75, 3.05) is 5.32 Å². The van der Waals surface area contributed by atoms with Gasteiger partial charge in [0, 0.05) is 29.2 Å². The number of nitrogens with one attached hydrogen (secondary N) is 2. The summed E-state index contributed by atoms with van der Waals surface area (Å²) in [4.78, 5) is 19.8. The second kappa shape index (κ2) is 7.72. The van der Waals surface area contributed by atoms with E-state index in [1.807, 2.05) is 36.7 Å². The van der Waals surface area contributed by atoms with E-state index in [-0.39, 0.29) is 10.6 Å². The molecular formula is C22H20ClFN4O. The van der Waals surface area contributed by atoms with Crippen molar-refractivity contribution in [2.24, 2.45) is 0 Å². The summed E-state index contributed by atoms with van der Waals surface area (Å²) >= 11 is 5.93. The predicted molar refractivity (Wildman–Crippen MR) is 115 cm³/mol. The highest BCUT2D eigenvalue weighted by atomic mass is 35.5. The molecular weight excluding hydrogens is 391 g/mol. The van der Waals surface area contributed by atoms with Gasteiger partial charge in [-0.1, -0.05) is 24.6 Å². The van der Waals surface area contributed by atoms with Crippen LogP contribution in [0.15, 0.2) is 53.6 Å². The third kappa shape index (κ3) is 3.89. The molecule has 7 heteroatoms. The standard InChI is InChI=1S/C22H20ClFN4O/c1-3-15-12-28(11-14-4-5-18(24)17(23)9-14)22(27-21(15)29)26-19-10-20-16(6-7-25-20)8-13(19)2/h4-10,12,25H,3,11H2,1-2H3,(H,26,27,29). The minimum absolute atomic E-state index is 0.0646. The van der Waals surface area contributed by atoms with Crippen LogP contribution in [0.25, 0.3) is 10.9 Å². The van der Waals surface area contributed by atoms with Gasteiger partial charge in [-0.25, -0.2) is 4.39 Å². The van der Waals surface area contributed by atoms with E-state index in [9.17, 15) is 9.18 Å². The van der Waals surface area contributed by atoms with Crippen LogP contribution in [-0.4, -0.2) is 14.5 Å².